The van der Waals surface area contributed by atoms with Gasteiger partial charge in [0.25, 0.3) is 0 Å². The summed E-state index contributed by atoms with van der Waals surface area (Å²) in [7, 11) is 0. The highest BCUT2D eigenvalue weighted by atomic mass is 35.5. The van der Waals surface area contributed by atoms with Crippen molar-refractivity contribution in [1.29, 1.82) is 0 Å². The van der Waals surface area contributed by atoms with E-state index >= 15 is 0 Å². The van der Waals surface area contributed by atoms with Crippen molar-refractivity contribution in [2.75, 3.05) is 0 Å². The fraction of sp³-hybridized carbons (Fsp3) is 0.750. The molecule has 0 saturated heterocycles. The van der Waals surface area contributed by atoms with Gasteiger partial charge in [0.2, 0.25) is 0 Å². The minimum atomic E-state index is -4.11. The Morgan fingerprint density at radius 1 is 1.33 bits per heavy atom. The summed E-state index contributed by atoms with van der Waals surface area (Å²) in [6.07, 6.45) is -1.40. The van der Waals surface area contributed by atoms with Crippen LogP contribution >= 0.6 is 11.6 Å². The fourth-order valence-corrected chi connectivity index (χ4v) is 1.47. The van der Waals surface area contributed by atoms with Crippen molar-refractivity contribution in [1.82, 2.24) is 0 Å². The SMILES string of the molecule is CC1CC(C(F)(F)F)C=CC1Cl. The van der Waals surface area contributed by atoms with E-state index in [9.17, 15) is 13.2 Å². The third-order valence-electron chi connectivity index (χ3n) is 2.12. The van der Waals surface area contributed by atoms with E-state index in [0.717, 1.165) is 6.08 Å². The van der Waals surface area contributed by atoms with Crippen molar-refractivity contribution < 1.29 is 13.2 Å². The molecule has 3 unspecified atom stereocenters. The molecule has 0 aromatic heterocycles. The van der Waals surface area contributed by atoms with Crippen LogP contribution in [0, 0.1) is 11.8 Å². The minimum Gasteiger partial charge on any atom is -0.170 e. The smallest absolute Gasteiger partial charge is 0.170 e. The Labute approximate surface area is 74.4 Å². The summed E-state index contributed by atoms with van der Waals surface area (Å²) in [5.74, 6) is -1.40. The molecule has 0 saturated carbocycles. The second kappa shape index (κ2) is 3.29. The molecule has 3 atom stereocenters. The van der Waals surface area contributed by atoms with E-state index in [2.05, 4.69) is 0 Å². The largest absolute Gasteiger partial charge is 0.395 e. The molecule has 0 amide bonds. The van der Waals surface area contributed by atoms with Gasteiger partial charge in [-0.3, -0.25) is 0 Å². The van der Waals surface area contributed by atoms with Crippen LogP contribution in [0.5, 0.6) is 0 Å². The highest BCUT2D eigenvalue weighted by molar-refractivity contribution is 6.22. The van der Waals surface area contributed by atoms with Crippen LogP contribution in [0.3, 0.4) is 0 Å². The van der Waals surface area contributed by atoms with Gasteiger partial charge < -0.3 is 0 Å². The van der Waals surface area contributed by atoms with Crippen LogP contribution in [-0.2, 0) is 0 Å². The molecule has 0 radical (unpaired) electrons. The van der Waals surface area contributed by atoms with Gasteiger partial charge in [0.1, 0.15) is 0 Å². The summed E-state index contributed by atoms with van der Waals surface area (Å²) >= 11 is 5.73. The molecule has 0 aromatic carbocycles. The molecule has 1 aliphatic rings. The molecule has 4 heteroatoms. The molecule has 0 aromatic rings. The van der Waals surface area contributed by atoms with Gasteiger partial charge in [0.05, 0.1) is 11.3 Å². The first-order chi connectivity index (χ1) is 5.41. The minimum absolute atomic E-state index is 0.0942. The lowest BCUT2D eigenvalue weighted by Gasteiger charge is -2.26. The third-order valence-corrected chi connectivity index (χ3v) is 2.69. The summed E-state index contributed by atoms with van der Waals surface area (Å²) in [4.78, 5) is 0. The molecule has 0 heterocycles. The maximum absolute atomic E-state index is 12.1. The molecule has 0 nitrogen and oxygen atoms in total. The summed E-state index contributed by atoms with van der Waals surface area (Å²) < 4.78 is 36.4. The van der Waals surface area contributed by atoms with Crippen molar-refractivity contribution >= 4 is 11.6 Å². The van der Waals surface area contributed by atoms with Crippen molar-refractivity contribution in [3.05, 3.63) is 12.2 Å². The molecule has 1 aliphatic carbocycles. The number of hydrogen-bond acceptors (Lipinski definition) is 0. The zero-order valence-electron chi connectivity index (χ0n) is 6.61. The summed E-state index contributed by atoms with van der Waals surface area (Å²) in [5, 5.41) is -0.247. The Balaban J connectivity index is 2.67. The molecular formula is C8H10ClF3. The number of hydrogen-bond donors (Lipinski definition) is 0. The van der Waals surface area contributed by atoms with E-state index in [-0.39, 0.29) is 17.7 Å². The number of rotatable bonds is 0. The lowest BCUT2D eigenvalue weighted by atomic mass is 9.87. The molecule has 0 spiro atoms. The normalized spacial score (nSPS) is 36.9. The second-order valence-electron chi connectivity index (χ2n) is 3.19. The highest BCUT2D eigenvalue weighted by Crippen LogP contribution is 2.37. The molecule has 0 bridgehead atoms. The monoisotopic (exact) mass is 198 g/mol. The second-order valence-corrected chi connectivity index (χ2v) is 3.69. The average Bonchev–Trinajstić information content (AvgIpc) is 1.92. The van der Waals surface area contributed by atoms with Gasteiger partial charge in [0, 0.05) is 0 Å². The van der Waals surface area contributed by atoms with Crippen molar-refractivity contribution in [2.45, 2.75) is 24.9 Å². The molecule has 0 aliphatic heterocycles. The van der Waals surface area contributed by atoms with E-state index in [1.165, 1.54) is 6.08 Å². The molecule has 12 heavy (non-hydrogen) atoms. The third kappa shape index (κ3) is 2.16. The van der Waals surface area contributed by atoms with Gasteiger partial charge in [-0.1, -0.05) is 19.1 Å². The van der Waals surface area contributed by atoms with E-state index in [4.69, 9.17) is 11.6 Å². The summed E-state index contributed by atoms with van der Waals surface area (Å²) in [5.41, 5.74) is 0. The zero-order chi connectivity index (χ0) is 9.35. The highest BCUT2D eigenvalue weighted by Gasteiger charge is 2.40. The summed E-state index contributed by atoms with van der Waals surface area (Å²) in [6, 6.07) is 0. The maximum Gasteiger partial charge on any atom is 0.395 e. The van der Waals surface area contributed by atoms with Crippen LogP contribution in [0.15, 0.2) is 12.2 Å². The van der Waals surface area contributed by atoms with E-state index in [1.807, 2.05) is 0 Å². The predicted molar refractivity (Wildman–Crippen MR) is 42.1 cm³/mol. The van der Waals surface area contributed by atoms with Gasteiger partial charge in [-0.25, -0.2) is 0 Å². The standard InChI is InChI=1S/C8H10ClF3/c1-5-4-6(8(10,11)12)2-3-7(5)9/h2-3,5-7H,4H2,1H3. The fourth-order valence-electron chi connectivity index (χ4n) is 1.28. The molecule has 0 N–H and O–H groups in total. The van der Waals surface area contributed by atoms with Gasteiger partial charge in [-0.2, -0.15) is 13.2 Å². The lowest BCUT2D eigenvalue weighted by Crippen LogP contribution is -2.28. The molecule has 70 valence electrons. The van der Waals surface area contributed by atoms with E-state index in [0.29, 0.717) is 0 Å². The Morgan fingerprint density at radius 3 is 2.33 bits per heavy atom. The van der Waals surface area contributed by atoms with Crippen LogP contribution in [0.1, 0.15) is 13.3 Å². The number of alkyl halides is 4. The first-order valence-corrected chi connectivity index (χ1v) is 4.24. The van der Waals surface area contributed by atoms with E-state index < -0.39 is 12.1 Å². The average molecular weight is 199 g/mol. The molecule has 1 rings (SSSR count). The van der Waals surface area contributed by atoms with Crippen molar-refractivity contribution in [3.8, 4) is 0 Å². The summed E-state index contributed by atoms with van der Waals surface area (Å²) in [6.45, 7) is 1.74. The quantitative estimate of drug-likeness (QED) is 0.414. The molecular weight excluding hydrogens is 189 g/mol. The maximum atomic E-state index is 12.1. The topological polar surface area (TPSA) is 0 Å². The van der Waals surface area contributed by atoms with Gasteiger partial charge in [-0.05, 0) is 12.3 Å². The van der Waals surface area contributed by atoms with Crippen LogP contribution in [0.25, 0.3) is 0 Å². The van der Waals surface area contributed by atoms with Crippen LogP contribution in [0.4, 0.5) is 13.2 Å². The predicted octanol–water partition coefficient (Wildman–Crippen LogP) is 3.37. The Hall–Kier alpha value is -0.180. The van der Waals surface area contributed by atoms with E-state index in [1.54, 1.807) is 6.92 Å². The Bertz CT molecular complexity index is 185. The lowest BCUT2D eigenvalue weighted by molar-refractivity contribution is -0.165. The number of allylic oxidation sites excluding steroid dienone is 2. The van der Waals surface area contributed by atoms with Crippen LogP contribution in [0.2, 0.25) is 0 Å². The van der Waals surface area contributed by atoms with Gasteiger partial charge >= 0.3 is 6.18 Å². The Morgan fingerprint density at radius 2 is 1.92 bits per heavy atom. The molecule has 0 fully saturated rings. The first-order valence-electron chi connectivity index (χ1n) is 3.80. The van der Waals surface area contributed by atoms with Crippen molar-refractivity contribution in [3.63, 3.8) is 0 Å². The van der Waals surface area contributed by atoms with Crippen molar-refractivity contribution in [2.24, 2.45) is 11.8 Å². The van der Waals surface area contributed by atoms with Crippen LogP contribution in [-0.4, -0.2) is 11.6 Å². The Kier molecular flexibility index (Phi) is 2.71. The van der Waals surface area contributed by atoms with Gasteiger partial charge in [0.15, 0.2) is 0 Å². The first kappa shape index (κ1) is 9.90. The van der Waals surface area contributed by atoms with Crippen LogP contribution < -0.4 is 0 Å². The number of halogens is 4. The van der Waals surface area contributed by atoms with Gasteiger partial charge in [-0.15, -0.1) is 11.6 Å². The zero-order valence-corrected chi connectivity index (χ0v) is 7.36.